The van der Waals surface area contributed by atoms with Crippen molar-refractivity contribution in [2.24, 2.45) is 11.8 Å². The first-order valence-electron chi connectivity index (χ1n) is 10.5. The molecule has 2 aliphatic heterocycles. The first-order valence-corrected chi connectivity index (χ1v) is 10.5. The summed E-state index contributed by atoms with van der Waals surface area (Å²) in [6.07, 6.45) is 9.72. The first kappa shape index (κ1) is 20.0. The van der Waals surface area contributed by atoms with E-state index in [9.17, 15) is 4.79 Å². The Bertz CT molecular complexity index is 857. The Kier molecular flexibility index (Phi) is 5.68. The van der Waals surface area contributed by atoms with E-state index in [0.717, 1.165) is 37.1 Å². The van der Waals surface area contributed by atoms with Gasteiger partial charge in [0.05, 0.1) is 7.11 Å². The van der Waals surface area contributed by atoms with E-state index in [4.69, 9.17) is 14.2 Å². The number of nitrogens with zero attached hydrogens (tertiary/aromatic N) is 1. The Morgan fingerprint density at radius 3 is 2.97 bits per heavy atom. The molecular weight excluding hydrogens is 366 g/mol. The van der Waals surface area contributed by atoms with Crippen molar-refractivity contribution in [3.63, 3.8) is 0 Å². The van der Waals surface area contributed by atoms with Crippen LogP contribution >= 0.6 is 0 Å². The van der Waals surface area contributed by atoms with Crippen molar-refractivity contribution in [2.45, 2.75) is 45.6 Å². The Balaban J connectivity index is 1.55. The number of ketones is 1. The molecule has 0 unspecified atom stereocenters. The van der Waals surface area contributed by atoms with Crippen LogP contribution in [-0.2, 0) is 11.2 Å². The van der Waals surface area contributed by atoms with Gasteiger partial charge >= 0.3 is 0 Å². The summed E-state index contributed by atoms with van der Waals surface area (Å²) in [5.41, 5.74) is 3.71. The molecular formula is C24H31NO4. The van der Waals surface area contributed by atoms with Crippen LogP contribution < -0.4 is 14.2 Å². The maximum absolute atomic E-state index is 12.9. The van der Waals surface area contributed by atoms with Gasteiger partial charge in [-0.3, -0.25) is 9.69 Å². The molecule has 5 heteroatoms. The zero-order valence-corrected chi connectivity index (χ0v) is 17.9. The van der Waals surface area contributed by atoms with Crippen LogP contribution in [-0.4, -0.2) is 38.2 Å². The van der Waals surface area contributed by atoms with E-state index in [1.807, 2.05) is 0 Å². The second-order valence-electron chi connectivity index (χ2n) is 8.62. The molecule has 156 valence electrons. The summed E-state index contributed by atoms with van der Waals surface area (Å²) in [5.74, 6) is 3.31. The fourth-order valence-electron chi connectivity index (χ4n) is 4.85. The van der Waals surface area contributed by atoms with Crippen LogP contribution in [0, 0.1) is 11.8 Å². The highest BCUT2D eigenvalue weighted by atomic mass is 16.7. The molecule has 0 aromatic heterocycles. The lowest BCUT2D eigenvalue weighted by Gasteiger charge is -2.35. The van der Waals surface area contributed by atoms with Gasteiger partial charge in [0.2, 0.25) is 12.5 Å². The zero-order valence-electron chi connectivity index (χ0n) is 17.9. The lowest BCUT2D eigenvalue weighted by atomic mass is 9.81. The van der Waals surface area contributed by atoms with E-state index >= 15 is 0 Å². The summed E-state index contributed by atoms with van der Waals surface area (Å²) in [5, 5.41) is 0. The van der Waals surface area contributed by atoms with Gasteiger partial charge in [0, 0.05) is 24.6 Å². The van der Waals surface area contributed by atoms with Gasteiger partial charge in [0.25, 0.3) is 0 Å². The minimum atomic E-state index is -0.0220. The monoisotopic (exact) mass is 397 g/mol. The number of ether oxygens (including phenoxy) is 3. The van der Waals surface area contributed by atoms with Crippen LogP contribution in [0.2, 0.25) is 0 Å². The van der Waals surface area contributed by atoms with Crippen molar-refractivity contribution in [1.29, 1.82) is 0 Å². The molecule has 0 radical (unpaired) electrons. The Morgan fingerprint density at radius 1 is 1.38 bits per heavy atom. The van der Waals surface area contributed by atoms with Crippen LogP contribution in [0.4, 0.5) is 0 Å². The molecule has 1 aromatic carbocycles. The van der Waals surface area contributed by atoms with Crippen LogP contribution in [0.15, 0.2) is 29.9 Å². The minimum Gasteiger partial charge on any atom is -0.492 e. The molecule has 0 saturated heterocycles. The number of methoxy groups -OCH3 is 1. The fourth-order valence-corrected chi connectivity index (χ4v) is 4.85. The number of fused-ring (bicyclic) bond motifs is 2. The maximum Gasteiger partial charge on any atom is 0.231 e. The quantitative estimate of drug-likeness (QED) is 0.542. The SMILES string of the molecule is COc1c2c(cc3c1[C@H](CC(=O)C=C[C@@H]1CC=C(C)C[C@H]1C)N(C)CC3)OCO2. The zero-order chi connectivity index (χ0) is 20.5. The van der Waals surface area contributed by atoms with Crippen LogP contribution in [0.25, 0.3) is 0 Å². The summed E-state index contributed by atoms with van der Waals surface area (Å²) >= 11 is 0. The average molecular weight is 398 g/mol. The highest BCUT2D eigenvalue weighted by Gasteiger charge is 2.34. The molecule has 1 aromatic rings. The summed E-state index contributed by atoms with van der Waals surface area (Å²) in [6, 6.07) is 2.03. The molecule has 0 bridgehead atoms. The van der Waals surface area contributed by atoms with Crippen molar-refractivity contribution in [3.05, 3.63) is 41.0 Å². The molecule has 0 N–H and O–H groups in total. The van der Waals surface area contributed by atoms with E-state index in [0.29, 0.717) is 29.8 Å². The third kappa shape index (κ3) is 3.93. The molecule has 0 spiro atoms. The van der Waals surface area contributed by atoms with Gasteiger partial charge in [0.15, 0.2) is 17.3 Å². The van der Waals surface area contributed by atoms with Gasteiger partial charge < -0.3 is 14.2 Å². The number of allylic oxidation sites excluding steroid dienone is 4. The summed E-state index contributed by atoms with van der Waals surface area (Å²) in [4.78, 5) is 15.1. The molecule has 5 nitrogen and oxygen atoms in total. The standard InChI is InChI=1S/C24H31NO4/c1-15-5-6-17(16(2)11-15)7-8-19(26)13-20-22-18(9-10-25(20)3)12-21-23(24(22)27-4)29-14-28-21/h5,7-8,12,16-17,20H,6,9-11,13-14H2,1-4H3/t16-,17+,20+/m1/s1. The van der Waals surface area contributed by atoms with Crippen molar-refractivity contribution < 1.29 is 19.0 Å². The van der Waals surface area contributed by atoms with Gasteiger partial charge in [0.1, 0.15) is 0 Å². The summed E-state index contributed by atoms with van der Waals surface area (Å²) in [7, 11) is 3.73. The van der Waals surface area contributed by atoms with E-state index in [-0.39, 0.29) is 18.6 Å². The predicted octanol–water partition coefficient (Wildman–Crippen LogP) is 4.46. The number of hydrogen-bond acceptors (Lipinski definition) is 5. The highest BCUT2D eigenvalue weighted by Crippen LogP contribution is 2.50. The Hall–Kier alpha value is -2.27. The second-order valence-corrected chi connectivity index (χ2v) is 8.62. The lowest BCUT2D eigenvalue weighted by molar-refractivity contribution is -0.115. The van der Waals surface area contributed by atoms with Crippen LogP contribution in [0.3, 0.4) is 0 Å². The molecule has 29 heavy (non-hydrogen) atoms. The van der Waals surface area contributed by atoms with Gasteiger partial charge in [-0.1, -0.05) is 24.6 Å². The number of likely N-dealkylation sites (N-methyl/N-ethyl adjacent to an activating group) is 1. The fraction of sp³-hybridized carbons (Fsp3) is 0.542. The average Bonchev–Trinajstić information content (AvgIpc) is 3.16. The molecule has 0 saturated carbocycles. The Morgan fingerprint density at radius 2 is 2.21 bits per heavy atom. The number of rotatable bonds is 5. The minimum absolute atomic E-state index is 0.0220. The largest absolute Gasteiger partial charge is 0.492 e. The molecule has 3 atom stereocenters. The number of hydrogen-bond donors (Lipinski definition) is 0. The summed E-state index contributed by atoms with van der Waals surface area (Å²) < 4.78 is 17.0. The van der Waals surface area contributed by atoms with Crippen LogP contribution in [0.1, 0.15) is 50.3 Å². The number of carbonyl (C=O) groups excluding carboxylic acids is 1. The second kappa shape index (κ2) is 8.23. The van der Waals surface area contributed by atoms with Gasteiger partial charge in [-0.05, 0) is 62.8 Å². The molecule has 3 aliphatic rings. The number of carbonyl (C=O) groups is 1. The third-order valence-corrected chi connectivity index (χ3v) is 6.58. The van der Waals surface area contributed by atoms with Gasteiger partial charge in [-0.15, -0.1) is 0 Å². The van der Waals surface area contributed by atoms with Gasteiger partial charge in [-0.25, -0.2) is 0 Å². The van der Waals surface area contributed by atoms with E-state index in [1.54, 1.807) is 13.2 Å². The summed E-state index contributed by atoms with van der Waals surface area (Å²) in [6.45, 7) is 5.58. The van der Waals surface area contributed by atoms with Crippen molar-refractivity contribution in [3.8, 4) is 17.2 Å². The van der Waals surface area contributed by atoms with E-state index in [1.165, 1.54) is 11.1 Å². The number of benzene rings is 1. The molecule has 2 heterocycles. The van der Waals surface area contributed by atoms with Gasteiger partial charge in [-0.2, -0.15) is 0 Å². The van der Waals surface area contributed by atoms with Crippen molar-refractivity contribution in [1.82, 2.24) is 4.90 Å². The molecule has 0 amide bonds. The van der Waals surface area contributed by atoms with Crippen molar-refractivity contribution >= 4 is 5.78 Å². The maximum atomic E-state index is 12.9. The van der Waals surface area contributed by atoms with Crippen molar-refractivity contribution in [2.75, 3.05) is 27.5 Å². The highest BCUT2D eigenvalue weighted by molar-refractivity contribution is 5.90. The smallest absolute Gasteiger partial charge is 0.231 e. The Labute approximate surface area is 173 Å². The van der Waals surface area contributed by atoms with Crippen LogP contribution in [0.5, 0.6) is 17.2 Å². The first-order chi connectivity index (χ1) is 14.0. The molecule has 4 rings (SSSR count). The normalized spacial score (nSPS) is 26.3. The predicted molar refractivity (Wildman–Crippen MR) is 113 cm³/mol. The van der Waals surface area contributed by atoms with E-state index in [2.05, 4.69) is 44.0 Å². The van der Waals surface area contributed by atoms with E-state index < -0.39 is 0 Å². The topological polar surface area (TPSA) is 48.0 Å². The molecule has 1 aliphatic carbocycles. The third-order valence-electron chi connectivity index (χ3n) is 6.58. The molecule has 0 fully saturated rings. The lowest BCUT2D eigenvalue weighted by Crippen LogP contribution is -2.33.